The minimum Gasteiger partial charge on any atom is -0.314 e. The number of aromatic nitrogens is 1. The van der Waals surface area contributed by atoms with Crippen molar-refractivity contribution in [2.75, 3.05) is 13.6 Å². The molecule has 90 valence electrons. The molecule has 2 atom stereocenters. The molecule has 4 heteroatoms. The standard InChI is InChI=1S/C12H21N3S/c1-9(13-2)11-8-15-12(16-11)7-10-5-3-4-6-14-10/h8-10,13-14H,3-7H2,1-2H3. The van der Waals surface area contributed by atoms with Gasteiger partial charge in [-0.25, -0.2) is 4.98 Å². The Morgan fingerprint density at radius 2 is 2.50 bits per heavy atom. The summed E-state index contributed by atoms with van der Waals surface area (Å²) in [5.41, 5.74) is 0. The van der Waals surface area contributed by atoms with Crippen LogP contribution in [0.25, 0.3) is 0 Å². The van der Waals surface area contributed by atoms with Crippen LogP contribution in [0.15, 0.2) is 6.20 Å². The summed E-state index contributed by atoms with van der Waals surface area (Å²) in [7, 11) is 1.99. The van der Waals surface area contributed by atoms with Crippen LogP contribution in [0, 0.1) is 0 Å². The molecule has 2 heterocycles. The zero-order valence-corrected chi connectivity index (χ0v) is 10.9. The maximum absolute atomic E-state index is 4.52. The number of nitrogens with one attached hydrogen (secondary N) is 2. The van der Waals surface area contributed by atoms with Crippen LogP contribution in [0.5, 0.6) is 0 Å². The first-order chi connectivity index (χ1) is 7.79. The molecule has 1 aromatic rings. The molecular weight excluding hydrogens is 218 g/mol. The normalized spacial score (nSPS) is 23.2. The van der Waals surface area contributed by atoms with Crippen molar-refractivity contribution in [3.63, 3.8) is 0 Å². The second-order valence-electron chi connectivity index (χ2n) is 4.52. The molecule has 2 rings (SSSR count). The van der Waals surface area contributed by atoms with Crippen LogP contribution in [0.2, 0.25) is 0 Å². The van der Waals surface area contributed by atoms with E-state index >= 15 is 0 Å². The molecule has 0 bridgehead atoms. The molecule has 3 nitrogen and oxygen atoms in total. The molecule has 0 aromatic carbocycles. The Bertz CT molecular complexity index is 318. The highest BCUT2D eigenvalue weighted by Crippen LogP contribution is 2.22. The third-order valence-corrected chi connectivity index (χ3v) is 4.47. The first-order valence-electron chi connectivity index (χ1n) is 6.15. The number of hydrogen-bond acceptors (Lipinski definition) is 4. The van der Waals surface area contributed by atoms with E-state index in [4.69, 9.17) is 0 Å². The maximum Gasteiger partial charge on any atom is 0.0943 e. The summed E-state index contributed by atoms with van der Waals surface area (Å²) in [6.45, 7) is 3.35. The summed E-state index contributed by atoms with van der Waals surface area (Å²) in [4.78, 5) is 5.86. The molecular formula is C12H21N3S. The summed E-state index contributed by atoms with van der Waals surface area (Å²) in [6, 6.07) is 1.07. The third kappa shape index (κ3) is 3.03. The lowest BCUT2D eigenvalue weighted by Gasteiger charge is -2.22. The minimum absolute atomic E-state index is 0.422. The van der Waals surface area contributed by atoms with Crippen molar-refractivity contribution in [3.8, 4) is 0 Å². The predicted octanol–water partition coefficient (Wildman–Crippen LogP) is 2.11. The maximum atomic E-state index is 4.52. The van der Waals surface area contributed by atoms with E-state index in [-0.39, 0.29) is 0 Å². The third-order valence-electron chi connectivity index (χ3n) is 3.26. The Kier molecular flexibility index (Phi) is 4.32. The van der Waals surface area contributed by atoms with Crippen molar-refractivity contribution in [2.24, 2.45) is 0 Å². The van der Waals surface area contributed by atoms with E-state index in [1.165, 1.54) is 35.7 Å². The van der Waals surface area contributed by atoms with Crippen molar-refractivity contribution in [2.45, 2.75) is 44.7 Å². The van der Waals surface area contributed by atoms with Gasteiger partial charge < -0.3 is 10.6 Å². The lowest BCUT2D eigenvalue weighted by atomic mass is 10.0. The van der Waals surface area contributed by atoms with E-state index in [2.05, 4.69) is 22.5 Å². The highest BCUT2D eigenvalue weighted by molar-refractivity contribution is 7.11. The Morgan fingerprint density at radius 3 is 3.19 bits per heavy atom. The van der Waals surface area contributed by atoms with E-state index in [9.17, 15) is 0 Å². The van der Waals surface area contributed by atoms with Gasteiger partial charge in [-0.2, -0.15) is 0 Å². The number of hydrogen-bond donors (Lipinski definition) is 2. The number of rotatable bonds is 4. The van der Waals surface area contributed by atoms with Crippen LogP contribution in [0.3, 0.4) is 0 Å². The molecule has 0 amide bonds. The molecule has 0 spiro atoms. The van der Waals surface area contributed by atoms with Gasteiger partial charge in [0.05, 0.1) is 5.01 Å². The van der Waals surface area contributed by atoms with Gasteiger partial charge in [-0.1, -0.05) is 6.42 Å². The molecule has 0 aliphatic carbocycles. The van der Waals surface area contributed by atoms with Gasteiger partial charge in [0.15, 0.2) is 0 Å². The summed E-state index contributed by atoms with van der Waals surface area (Å²) < 4.78 is 0. The van der Waals surface area contributed by atoms with Gasteiger partial charge in [-0.3, -0.25) is 0 Å². The molecule has 1 aliphatic rings. The molecule has 0 radical (unpaired) electrons. The Hall–Kier alpha value is -0.450. The average molecular weight is 239 g/mol. The second-order valence-corrected chi connectivity index (χ2v) is 5.66. The monoisotopic (exact) mass is 239 g/mol. The van der Waals surface area contributed by atoms with Crippen LogP contribution in [0.4, 0.5) is 0 Å². The largest absolute Gasteiger partial charge is 0.314 e. The molecule has 1 saturated heterocycles. The molecule has 1 aliphatic heterocycles. The first-order valence-corrected chi connectivity index (χ1v) is 6.96. The highest BCUT2D eigenvalue weighted by Gasteiger charge is 2.15. The van der Waals surface area contributed by atoms with Gasteiger partial charge in [-0.15, -0.1) is 11.3 Å². The van der Waals surface area contributed by atoms with E-state index in [0.717, 1.165) is 6.42 Å². The number of nitrogens with zero attached hydrogens (tertiary/aromatic N) is 1. The fraction of sp³-hybridized carbons (Fsp3) is 0.750. The smallest absolute Gasteiger partial charge is 0.0943 e. The van der Waals surface area contributed by atoms with Crippen molar-refractivity contribution in [1.82, 2.24) is 15.6 Å². The molecule has 0 saturated carbocycles. The quantitative estimate of drug-likeness (QED) is 0.845. The van der Waals surface area contributed by atoms with Crippen LogP contribution in [-0.4, -0.2) is 24.6 Å². The number of thiazole rings is 1. The summed E-state index contributed by atoms with van der Waals surface area (Å²) in [5.74, 6) is 0. The van der Waals surface area contributed by atoms with E-state index < -0.39 is 0 Å². The van der Waals surface area contributed by atoms with E-state index in [1.807, 2.05) is 24.6 Å². The lowest BCUT2D eigenvalue weighted by molar-refractivity contribution is 0.399. The summed E-state index contributed by atoms with van der Waals surface area (Å²) >= 11 is 1.85. The molecule has 1 fully saturated rings. The molecule has 1 aromatic heterocycles. The Morgan fingerprint density at radius 1 is 1.62 bits per heavy atom. The Balaban J connectivity index is 1.91. The summed E-state index contributed by atoms with van der Waals surface area (Å²) in [5, 5.41) is 8.10. The number of piperidine rings is 1. The van der Waals surface area contributed by atoms with Gasteiger partial charge in [0.2, 0.25) is 0 Å². The zero-order chi connectivity index (χ0) is 11.4. The SMILES string of the molecule is CNC(C)c1cnc(CC2CCCCN2)s1. The van der Waals surface area contributed by atoms with E-state index in [0.29, 0.717) is 12.1 Å². The van der Waals surface area contributed by atoms with Crippen LogP contribution >= 0.6 is 11.3 Å². The van der Waals surface area contributed by atoms with Gasteiger partial charge in [0, 0.05) is 29.6 Å². The topological polar surface area (TPSA) is 37.0 Å². The van der Waals surface area contributed by atoms with Gasteiger partial charge in [0.1, 0.15) is 0 Å². The van der Waals surface area contributed by atoms with E-state index in [1.54, 1.807) is 0 Å². The lowest BCUT2D eigenvalue weighted by Crippen LogP contribution is -2.35. The van der Waals surface area contributed by atoms with Crippen molar-refractivity contribution in [3.05, 3.63) is 16.1 Å². The van der Waals surface area contributed by atoms with Crippen molar-refractivity contribution in [1.29, 1.82) is 0 Å². The molecule has 2 unspecified atom stereocenters. The van der Waals surface area contributed by atoms with Crippen molar-refractivity contribution >= 4 is 11.3 Å². The molecule has 16 heavy (non-hydrogen) atoms. The average Bonchev–Trinajstić information content (AvgIpc) is 2.78. The van der Waals surface area contributed by atoms with Gasteiger partial charge in [-0.05, 0) is 33.4 Å². The second kappa shape index (κ2) is 5.75. The highest BCUT2D eigenvalue weighted by atomic mass is 32.1. The van der Waals surface area contributed by atoms with Crippen LogP contribution < -0.4 is 10.6 Å². The zero-order valence-electron chi connectivity index (χ0n) is 10.1. The van der Waals surface area contributed by atoms with Crippen molar-refractivity contribution < 1.29 is 0 Å². The minimum atomic E-state index is 0.422. The fourth-order valence-corrected chi connectivity index (χ4v) is 3.13. The molecule has 2 N–H and O–H groups in total. The fourth-order valence-electron chi connectivity index (χ4n) is 2.07. The first kappa shape index (κ1) is 12.0. The van der Waals surface area contributed by atoms with Crippen LogP contribution in [-0.2, 0) is 6.42 Å². The summed E-state index contributed by atoms with van der Waals surface area (Å²) in [6.07, 6.45) is 7.11. The predicted molar refractivity (Wildman–Crippen MR) is 68.9 cm³/mol. The van der Waals surface area contributed by atoms with Gasteiger partial charge >= 0.3 is 0 Å². The Labute approximate surface area is 102 Å². The van der Waals surface area contributed by atoms with Crippen LogP contribution in [0.1, 0.15) is 42.1 Å². The van der Waals surface area contributed by atoms with Gasteiger partial charge in [0.25, 0.3) is 0 Å².